The lowest BCUT2D eigenvalue weighted by atomic mass is 10.3. The Hall–Kier alpha value is -2.41. The van der Waals surface area contributed by atoms with Gasteiger partial charge in [0, 0.05) is 17.6 Å². The highest BCUT2D eigenvalue weighted by Crippen LogP contribution is 2.20. The molecule has 2 heterocycles. The lowest BCUT2D eigenvalue weighted by Crippen LogP contribution is -2.00. The smallest absolute Gasteiger partial charge is 0.214 e. The summed E-state index contributed by atoms with van der Waals surface area (Å²) in [6.07, 6.45) is 2.65. The first-order valence-corrected chi connectivity index (χ1v) is 7.42. The maximum Gasteiger partial charge on any atom is 0.214 e. The second-order valence-electron chi connectivity index (χ2n) is 4.31. The Morgan fingerprint density at radius 2 is 1.95 bits per heavy atom. The van der Waals surface area contributed by atoms with Crippen LogP contribution in [-0.4, -0.2) is 36.1 Å². The zero-order chi connectivity index (χ0) is 14.5. The Labute approximate surface area is 125 Å². The van der Waals surface area contributed by atoms with Crippen LogP contribution in [0.1, 0.15) is 5.69 Å². The Bertz CT molecular complexity index is 699. The largest absolute Gasteiger partial charge is 0.508 e. The van der Waals surface area contributed by atoms with Gasteiger partial charge in [0.1, 0.15) is 5.75 Å². The van der Waals surface area contributed by atoms with Crippen molar-refractivity contribution >= 4 is 11.8 Å². The molecule has 6 nitrogen and oxygen atoms in total. The van der Waals surface area contributed by atoms with Crippen molar-refractivity contribution in [2.24, 2.45) is 0 Å². The van der Waals surface area contributed by atoms with E-state index in [1.165, 1.54) is 0 Å². The SMILES string of the molecule is Oc1ccc(-n2nnnc2SCCc2ccccn2)cc1. The fourth-order valence-electron chi connectivity index (χ4n) is 1.82. The molecule has 0 aliphatic rings. The van der Waals surface area contributed by atoms with E-state index in [-0.39, 0.29) is 5.75 Å². The van der Waals surface area contributed by atoms with E-state index >= 15 is 0 Å². The average molecular weight is 299 g/mol. The van der Waals surface area contributed by atoms with Crippen LogP contribution in [0.3, 0.4) is 0 Å². The predicted molar refractivity (Wildman–Crippen MR) is 79.5 cm³/mol. The topological polar surface area (TPSA) is 76.7 Å². The van der Waals surface area contributed by atoms with Gasteiger partial charge in [-0.25, -0.2) is 0 Å². The number of rotatable bonds is 5. The minimum absolute atomic E-state index is 0.219. The molecule has 0 unspecified atom stereocenters. The highest BCUT2D eigenvalue weighted by atomic mass is 32.2. The van der Waals surface area contributed by atoms with Crippen LogP contribution in [0.15, 0.2) is 53.8 Å². The van der Waals surface area contributed by atoms with Crippen LogP contribution >= 0.6 is 11.8 Å². The molecule has 0 spiro atoms. The molecule has 0 aliphatic carbocycles. The third kappa shape index (κ3) is 3.38. The van der Waals surface area contributed by atoms with Crippen LogP contribution in [0, 0.1) is 0 Å². The fourth-order valence-corrected chi connectivity index (χ4v) is 2.67. The predicted octanol–water partition coefficient (Wildman–Crippen LogP) is 2.10. The number of phenols is 1. The molecule has 7 heteroatoms. The third-order valence-electron chi connectivity index (χ3n) is 2.85. The number of aromatic hydroxyl groups is 1. The highest BCUT2D eigenvalue weighted by Gasteiger charge is 2.09. The zero-order valence-corrected chi connectivity index (χ0v) is 11.9. The van der Waals surface area contributed by atoms with Crippen molar-refractivity contribution in [1.82, 2.24) is 25.2 Å². The summed E-state index contributed by atoms with van der Waals surface area (Å²) in [5.41, 5.74) is 1.87. The summed E-state index contributed by atoms with van der Waals surface area (Å²) in [6, 6.07) is 12.7. The van der Waals surface area contributed by atoms with Gasteiger partial charge in [0.2, 0.25) is 5.16 Å². The van der Waals surface area contributed by atoms with Crippen molar-refractivity contribution in [3.8, 4) is 11.4 Å². The molecule has 106 valence electrons. The van der Waals surface area contributed by atoms with Crippen LogP contribution < -0.4 is 0 Å². The van der Waals surface area contributed by atoms with Crippen molar-refractivity contribution in [3.63, 3.8) is 0 Å². The quantitative estimate of drug-likeness (QED) is 0.727. The van der Waals surface area contributed by atoms with Gasteiger partial charge in [-0.2, -0.15) is 4.68 Å². The summed E-state index contributed by atoms with van der Waals surface area (Å²) in [4.78, 5) is 4.29. The number of aryl methyl sites for hydroxylation is 1. The number of nitrogens with zero attached hydrogens (tertiary/aromatic N) is 5. The number of thioether (sulfide) groups is 1. The molecule has 21 heavy (non-hydrogen) atoms. The standard InChI is InChI=1S/C14H13N5OS/c20-13-6-4-12(5-7-13)19-14(16-17-18-19)21-10-8-11-3-1-2-9-15-11/h1-7,9,20H,8,10H2. The Balaban J connectivity index is 1.67. The normalized spacial score (nSPS) is 10.7. The second kappa shape index (κ2) is 6.36. The molecule has 0 aliphatic heterocycles. The summed E-state index contributed by atoms with van der Waals surface area (Å²) >= 11 is 1.57. The number of pyridine rings is 1. The van der Waals surface area contributed by atoms with Gasteiger partial charge in [-0.3, -0.25) is 4.98 Å². The van der Waals surface area contributed by atoms with Crippen molar-refractivity contribution in [2.75, 3.05) is 5.75 Å². The maximum atomic E-state index is 9.32. The first-order chi connectivity index (χ1) is 10.3. The summed E-state index contributed by atoms with van der Waals surface area (Å²) < 4.78 is 1.66. The molecule has 0 bridgehead atoms. The van der Waals surface area contributed by atoms with Crippen LogP contribution in [0.25, 0.3) is 5.69 Å². The monoisotopic (exact) mass is 299 g/mol. The first-order valence-electron chi connectivity index (χ1n) is 6.43. The van der Waals surface area contributed by atoms with Crippen LogP contribution in [0.4, 0.5) is 0 Å². The van der Waals surface area contributed by atoms with Crippen molar-refractivity contribution in [2.45, 2.75) is 11.6 Å². The Morgan fingerprint density at radius 1 is 1.10 bits per heavy atom. The number of tetrazole rings is 1. The highest BCUT2D eigenvalue weighted by molar-refractivity contribution is 7.99. The number of hydrogen-bond donors (Lipinski definition) is 1. The second-order valence-corrected chi connectivity index (χ2v) is 5.37. The van der Waals surface area contributed by atoms with Crippen LogP contribution in [0.5, 0.6) is 5.75 Å². The van der Waals surface area contributed by atoms with Crippen molar-refractivity contribution < 1.29 is 5.11 Å². The van der Waals surface area contributed by atoms with Crippen LogP contribution in [0.2, 0.25) is 0 Å². The molecule has 0 fully saturated rings. The molecule has 0 saturated carbocycles. The number of benzene rings is 1. The van der Waals surface area contributed by atoms with Gasteiger partial charge in [0.15, 0.2) is 0 Å². The third-order valence-corrected chi connectivity index (χ3v) is 3.77. The average Bonchev–Trinajstić information content (AvgIpc) is 2.98. The van der Waals surface area contributed by atoms with Gasteiger partial charge in [-0.15, -0.1) is 5.10 Å². The number of hydrogen-bond acceptors (Lipinski definition) is 6. The molecule has 0 atom stereocenters. The van der Waals surface area contributed by atoms with E-state index in [1.54, 1.807) is 46.9 Å². The Morgan fingerprint density at radius 3 is 2.71 bits per heavy atom. The minimum atomic E-state index is 0.219. The van der Waals surface area contributed by atoms with Crippen molar-refractivity contribution in [1.29, 1.82) is 0 Å². The molecule has 3 aromatic rings. The molecular formula is C14H13N5OS. The fraction of sp³-hybridized carbons (Fsp3) is 0.143. The molecule has 1 N–H and O–H groups in total. The molecule has 1 aromatic carbocycles. The van der Waals surface area contributed by atoms with Crippen molar-refractivity contribution in [3.05, 3.63) is 54.4 Å². The lowest BCUT2D eigenvalue weighted by molar-refractivity contribution is 0.475. The Kier molecular flexibility index (Phi) is 4.11. The zero-order valence-electron chi connectivity index (χ0n) is 11.1. The summed E-state index contributed by atoms with van der Waals surface area (Å²) in [6.45, 7) is 0. The first kappa shape index (κ1) is 13.6. The number of phenolic OH excluding ortho intramolecular Hbond substituents is 1. The summed E-state index contributed by atoms with van der Waals surface area (Å²) in [5.74, 6) is 1.06. The van der Waals surface area contributed by atoms with E-state index in [0.717, 1.165) is 28.7 Å². The van der Waals surface area contributed by atoms with E-state index in [4.69, 9.17) is 0 Å². The molecule has 0 radical (unpaired) electrons. The lowest BCUT2D eigenvalue weighted by Gasteiger charge is -2.04. The van der Waals surface area contributed by atoms with Gasteiger partial charge >= 0.3 is 0 Å². The van der Waals surface area contributed by atoms with E-state index in [9.17, 15) is 5.11 Å². The van der Waals surface area contributed by atoms with Gasteiger partial charge < -0.3 is 5.11 Å². The van der Waals surface area contributed by atoms with Gasteiger partial charge in [-0.05, 0) is 53.2 Å². The van der Waals surface area contributed by atoms with E-state index in [1.807, 2.05) is 18.2 Å². The molecular weight excluding hydrogens is 286 g/mol. The van der Waals surface area contributed by atoms with Gasteiger partial charge in [0.25, 0.3) is 0 Å². The van der Waals surface area contributed by atoms with E-state index < -0.39 is 0 Å². The van der Waals surface area contributed by atoms with Gasteiger partial charge in [0.05, 0.1) is 5.69 Å². The van der Waals surface area contributed by atoms with Gasteiger partial charge in [-0.1, -0.05) is 17.8 Å². The molecule has 0 saturated heterocycles. The molecule has 3 rings (SSSR count). The summed E-state index contributed by atoms with van der Waals surface area (Å²) in [7, 11) is 0. The molecule has 0 amide bonds. The maximum absolute atomic E-state index is 9.32. The summed E-state index contributed by atoms with van der Waals surface area (Å²) in [5, 5.41) is 21.8. The number of aromatic nitrogens is 5. The molecule has 2 aromatic heterocycles. The van der Waals surface area contributed by atoms with E-state index in [0.29, 0.717) is 0 Å². The van der Waals surface area contributed by atoms with Crippen LogP contribution in [-0.2, 0) is 6.42 Å². The van der Waals surface area contributed by atoms with E-state index in [2.05, 4.69) is 20.5 Å². The minimum Gasteiger partial charge on any atom is -0.508 e.